The van der Waals surface area contributed by atoms with Gasteiger partial charge in [-0.25, -0.2) is 14.0 Å². The van der Waals surface area contributed by atoms with Gasteiger partial charge < -0.3 is 9.84 Å². The zero-order valence-electron chi connectivity index (χ0n) is 17.6. The van der Waals surface area contributed by atoms with Crippen LogP contribution in [0.25, 0.3) is 0 Å². The van der Waals surface area contributed by atoms with Crippen molar-refractivity contribution in [2.75, 3.05) is 19.6 Å². The Hall–Kier alpha value is -3.32. The first-order chi connectivity index (χ1) is 14.8. The molecule has 2 aromatic carbocycles. The molecule has 0 aromatic heterocycles. The number of aryl methyl sites for hydroxylation is 1. The van der Waals surface area contributed by atoms with Crippen LogP contribution >= 0.6 is 0 Å². The third-order valence-electron chi connectivity index (χ3n) is 5.33. The summed E-state index contributed by atoms with van der Waals surface area (Å²) in [5.74, 6) is -0.971. The molecule has 0 bridgehead atoms. The summed E-state index contributed by atoms with van der Waals surface area (Å²) < 4.78 is 22.1. The Kier molecular flexibility index (Phi) is 6.97. The van der Waals surface area contributed by atoms with Gasteiger partial charge in [0.2, 0.25) is 0 Å². The minimum Gasteiger partial charge on any atom is -0.484 e. The smallest absolute Gasteiger partial charge is 0.411 e. The lowest BCUT2D eigenvalue weighted by molar-refractivity contribution is -0.483. The fourth-order valence-electron chi connectivity index (χ4n) is 3.58. The van der Waals surface area contributed by atoms with E-state index >= 15 is 0 Å². The van der Waals surface area contributed by atoms with Crippen LogP contribution in [0.15, 0.2) is 55.1 Å². The second kappa shape index (κ2) is 9.66. The van der Waals surface area contributed by atoms with E-state index in [0.717, 1.165) is 0 Å². The Morgan fingerprint density at radius 1 is 1.32 bits per heavy atom. The van der Waals surface area contributed by atoms with Crippen LogP contribution in [0.3, 0.4) is 0 Å². The molecule has 1 aliphatic rings. The summed E-state index contributed by atoms with van der Waals surface area (Å²) in [6.45, 7) is 8.83. The highest BCUT2D eigenvalue weighted by molar-refractivity contribution is 5.87. The van der Waals surface area contributed by atoms with Crippen molar-refractivity contribution in [3.8, 4) is 5.75 Å². The van der Waals surface area contributed by atoms with Crippen molar-refractivity contribution in [3.05, 3.63) is 77.6 Å². The Balaban J connectivity index is 1.83. The number of aromatic carboxylic acids is 1. The van der Waals surface area contributed by atoms with Crippen LogP contribution in [0.1, 0.15) is 34.5 Å². The largest absolute Gasteiger partial charge is 0.484 e. The summed E-state index contributed by atoms with van der Waals surface area (Å²) in [7, 11) is 0. The van der Waals surface area contributed by atoms with Gasteiger partial charge in [-0.3, -0.25) is 4.90 Å². The molecule has 1 amide bonds. The standard InChI is InChI=1S/C24H25FN2O4/c1-4-23(28)27-12-11-26(14-17(27)3)15-22(19-6-5-16(2)21(25)13-19)31-20-9-7-18(8-10-20)24(29)30/h4-10,12-13,17,22H,1,11,14-15H2,2-3H3/p+1/t17-,22+/m1/s1. The van der Waals surface area contributed by atoms with Crippen molar-refractivity contribution in [3.63, 3.8) is 0 Å². The molecule has 0 radical (unpaired) electrons. The third-order valence-corrected chi connectivity index (χ3v) is 5.33. The van der Waals surface area contributed by atoms with E-state index in [4.69, 9.17) is 9.84 Å². The molecule has 0 aliphatic carbocycles. The van der Waals surface area contributed by atoms with Crippen molar-refractivity contribution in [2.24, 2.45) is 0 Å². The molecule has 0 unspecified atom stereocenters. The summed E-state index contributed by atoms with van der Waals surface area (Å²) in [6.07, 6.45) is 2.64. The zero-order valence-corrected chi connectivity index (χ0v) is 17.6. The minimum atomic E-state index is -1.01. The van der Waals surface area contributed by atoms with Crippen molar-refractivity contribution < 1.29 is 28.4 Å². The van der Waals surface area contributed by atoms with Gasteiger partial charge in [-0.2, -0.15) is 4.58 Å². The van der Waals surface area contributed by atoms with Crippen LogP contribution in [0.2, 0.25) is 0 Å². The first kappa shape index (κ1) is 22.4. The van der Waals surface area contributed by atoms with Crippen LogP contribution in [0, 0.1) is 12.7 Å². The van der Waals surface area contributed by atoms with Crippen LogP contribution in [-0.2, 0) is 4.79 Å². The Labute approximate surface area is 180 Å². The minimum absolute atomic E-state index is 0.0375. The fourth-order valence-corrected chi connectivity index (χ4v) is 3.58. The molecule has 0 spiro atoms. The molecule has 2 aromatic rings. The van der Waals surface area contributed by atoms with Gasteiger partial charge >= 0.3 is 11.9 Å². The summed E-state index contributed by atoms with van der Waals surface area (Å²) in [4.78, 5) is 25.2. The van der Waals surface area contributed by atoms with Crippen molar-refractivity contribution in [1.82, 2.24) is 4.90 Å². The highest BCUT2D eigenvalue weighted by Gasteiger charge is 2.30. The third kappa shape index (κ3) is 5.44. The molecule has 1 aliphatic heterocycles. The van der Waals surface area contributed by atoms with E-state index in [1.165, 1.54) is 24.3 Å². The van der Waals surface area contributed by atoms with Gasteiger partial charge in [0, 0.05) is 12.6 Å². The number of benzene rings is 2. The zero-order chi connectivity index (χ0) is 22.5. The lowest BCUT2D eigenvalue weighted by atomic mass is 10.1. The van der Waals surface area contributed by atoms with Gasteiger partial charge in [0.15, 0.2) is 12.3 Å². The molecule has 1 N–H and O–H groups in total. The van der Waals surface area contributed by atoms with E-state index in [9.17, 15) is 14.0 Å². The fraction of sp³-hybridized carbons (Fsp3) is 0.292. The molecule has 6 nitrogen and oxygen atoms in total. The number of amides is 1. The van der Waals surface area contributed by atoms with Gasteiger partial charge in [-0.15, -0.1) is 0 Å². The van der Waals surface area contributed by atoms with Crippen LogP contribution in [0.5, 0.6) is 5.75 Å². The number of hydrogen-bond acceptors (Lipinski definition) is 4. The van der Waals surface area contributed by atoms with Crippen molar-refractivity contribution in [2.45, 2.75) is 26.0 Å². The van der Waals surface area contributed by atoms with Crippen molar-refractivity contribution >= 4 is 18.1 Å². The topological polar surface area (TPSA) is 69.8 Å². The summed E-state index contributed by atoms with van der Waals surface area (Å²) >= 11 is 0. The number of rotatable bonds is 7. The van der Waals surface area contributed by atoms with E-state index < -0.39 is 12.1 Å². The Morgan fingerprint density at radius 2 is 2.03 bits per heavy atom. The van der Waals surface area contributed by atoms with E-state index in [0.29, 0.717) is 36.5 Å². The molecule has 0 saturated carbocycles. The second-order valence-electron chi connectivity index (χ2n) is 7.64. The van der Waals surface area contributed by atoms with Crippen LogP contribution in [-0.4, -0.2) is 58.3 Å². The normalized spacial score (nSPS) is 17.5. The van der Waals surface area contributed by atoms with Gasteiger partial charge in [-0.1, -0.05) is 18.7 Å². The average molecular weight is 425 g/mol. The molecular formula is C24H26FN2O4+. The lowest BCUT2D eigenvalue weighted by Crippen LogP contribution is -2.48. The number of carbonyl (C=O) groups excluding carboxylic acids is 1. The predicted octanol–water partition coefficient (Wildman–Crippen LogP) is 3.45. The molecule has 0 fully saturated rings. The Bertz CT molecular complexity index is 1020. The summed E-state index contributed by atoms with van der Waals surface area (Å²) in [5.41, 5.74) is 1.39. The van der Waals surface area contributed by atoms with E-state index in [1.54, 1.807) is 29.7 Å². The van der Waals surface area contributed by atoms with E-state index in [-0.39, 0.29) is 23.3 Å². The number of carboxylic acids is 1. The average Bonchev–Trinajstić information content (AvgIpc) is 2.75. The number of carboxylic acid groups (broad SMARTS) is 1. The number of ether oxygens (including phenoxy) is 1. The molecule has 2 atom stereocenters. The predicted molar refractivity (Wildman–Crippen MR) is 115 cm³/mol. The summed E-state index contributed by atoms with van der Waals surface area (Å²) in [6, 6.07) is 11.1. The quantitative estimate of drug-likeness (QED) is 0.544. The maximum Gasteiger partial charge on any atom is 0.411 e. The maximum atomic E-state index is 14.2. The molecule has 3 rings (SSSR count). The highest BCUT2D eigenvalue weighted by atomic mass is 19.1. The molecule has 162 valence electrons. The monoisotopic (exact) mass is 425 g/mol. The lowest BCUT2D eigenvalue weighted by Gasteiger charge is -2.30. The molecule has 31 heavy (non-hydrogen) atoms. The second-order valence-corrected chi connectivity index (χ2v) is 7.64. The number of halogens is 1. The molecule has 0 saturated heterocycles. The van der Waals surface area contributed by atoms with Crippen molar-refractivity contribution in [1.29, 1.82) is 0 Å². The molecular weight excluding hydrogens is 399 g/mol. The number of nitrogens with zero attached hydrogens (tertiary/aromatic N) is 2. The summed E-state index contributed by atoms with van der Waals surface area (Å²) in [5, 5.41) is 9.08. The number of carbonyl (C=O) groups is 2. The van der Waals surface area contributed by atoms with Gasteiger partial charge in [-0.05, 0) is 55.3 Å². The highest BCUT2D eigenvalue weighted by Crippen LogP contribution is 2.25. The maximum absolute atomic E-state index is 14.2. The van der Waals surface area contributed by atoms with E-state index in [2.05, 4.69) is 11.5 Å². The molecule has 7 heteroatoms. The van der Waals surface area contributed by atoms with Crippen LogP contribution < -0.4 is 4.74 Å². The Morgan fingerprint density at radius 3 is 2.61 bits per heavy atom. The van der Waals surface area contributed by atoms with Crippen LogP contribution in [0.4, 0.5) is 4.39 Å². The van der Waals surface area contributed by atoms with E-state index in [1.807, 2.05) is 19.2 Å². The molecule has 1 heterocycles. The first-order valence-electron chi connectivity index (χ1n) is 10.0. The number of hydrogen-bond donors (Lipinski definition) is 1. The van der Waals surface area contributed by atoms with Gasteiger partial charge in [0.05, 0.1) is 18.7 Å². The van der Waals surface area contributed by atoms with Gasteiger partial charge in [0.1, 0.15) is 17.7 Å². The first-order valence-corrected chi connectivity index (χ1v) is 10.0. The van der Waals surface area contributed by atoms with Gasteiger partial charge in [0.25, 0.3) is 0 Å². The SMILES string of the molecule is C=CC(=O)[N+]1=CCN(C[C@H](Oc2ccc(C(=O)O)cc2)c2ccc(C)c(F)c2)C[C@H]1C.